The van der Waals surface area contributed by atoms with Crippen molar-refractivity contribution in [2.45, 2.75) is 13.5 Å². The third-order valence-corrected chi connectivity index (χ3v) is 2.70. The maximum Gasteiger partial charge on any atom is 0.165 e. The van der Waals surface area contributed by atoms with Gasteiger partial charge in [0, 0.05) is 5.38 Å². The fraction of sp³-hybridized carbons (Fsp3) is 0.182. The Hall–Kier alpha value is -1.42. The summed E-state index contributed by atoms with van der Waals surface area (Å²) in [5, 5.41) is 2.90. The van der Waals surface area contributed by atoms with E-state index in [-0.39, 0.29) is 11.6 Å². The van der Waals surface area contributed by atoms with Crippen molar-refractivity contribution >= 4 is 11.3 Å². The van der Waals surface area contributed by atoms with Gasteiger partial charge in [-0.2, -0.15) is 0 Å². The van der Waals surface area contributed by atoms with Crippen LogP contribution in [0.5, 0.6) is 5.75 Å². The number of nitrogens with zero attached hydrogens (tertiary/aromatic N) is 1. The topological polar surface area (TPSA) is 22.1 Å². The summed E-state index contributed by atoms with van der Waals surface area (Å²) in [6.07, 6.45) is 0. The van der Waals surface area contributed by atoms with Gasteiger partial charge in [-0.15, -0.1) is 11.3 Å². The zero-order chi connectivity index (χ0) is 10.7. The molecule has 0 radical (unpaired) electrons. The molecule has 0 atom stereocenters. The number of rotatable bonds is 3. The standard InChI is InChI=1S/C11H10FNOS/c1-8-13-9(7-15-8)6-14-11-5-3-2-4-10(11)12/h2-5,7H,6H2,1H3. The Morgan fingerprint density at radius 1 is 1.40 bits per heavy atom. The van der Waals surface area contributed by atoms with Crippen molar-refractivity contribution in [2.24, 2.45) is 0 Å². The highest BCUT2D eigenvalue weighted by Crippen LogP contribution is 2.17. The second-order valence-corrected chi connectivity index (χ2v) is 4.14. The Balaban J connectivity index is 2.02. The number of halogens is 1. The van der Waals surface area contributed by atoms with E-state index in [9.17, 15) is 4.39 Å². The van der Waals surface area contributed by atoms with E-state index in [0.29, 0.717) is 6.61 Å². The molecule has 0 N–H and O–H groups in total. The lowest BCUT2D eigenvalue weighted by Gasteiger charge is -2.04. The number of aromatic nitrogens is 1. The lowest BCUT2D eigenvalue weighted by Crippen LogP contribution is -1.97. The van der Waals surface area contributed by atoms with Crippen LogP contribution in [0.25, 0.3) is 0 Å². The first kappa shape index (κ1) is 10.1. The molecule has 0 amide bonds. The van der Waals surface area contributed by atoms with Gasteiger partial charge in [-0.25, -0.2) is 9.37 Å². The van der Waals surface area contributed by atoms with Crippen molar-refractivity contribution in [1.29, 1.82) is 0 Å². The van der Waals surface area contributed by atoms with E-state index in [2.05, 4.69) is 4.98 Å². The summed E-state index contributed by atoms with van der Waals surface area (Å²) in [5.41, 5.74) is 0.834. The first-order valence-electron chi connectivity index (χ1n) is 4.54. The molecule has 0 fully saturated rings. The van der Waals surface area contributed by atoms with Crippen molar-refractivity contribution in [2.75, 3.05) is 0 Å². The summed E-state index contributed by atoms with van der Waals surface area (Å²) in [5.74, 6) is -0.0763. The smallest absolute Gasteiger partial charge is 0.165 e. The number of aryl methyl sites for hydroxylation is 1. The molecule has 2 rings (SSSR count). The third kappa shape index (κ3) is 2.53. The summed E-state index contributed by atoms with van der Waals surface area (Å²) in [4.78, 5) is 4.23. The molecule has 0 saturated carbocycles. The monoisotopic (exact) mass is 223 g/mol. The first-order valence-corrected chi connectivity index (χ1v) is 5.42. The largest absolute Gasteiger partial charge is 0.484 e. The molecule has 78 valence electrons. The SMILES string of the molecule is Cc1nc(COc2ccccc2F)cs1. The Morgan fingerprint density at radius 2 is 2.20 bits per heavy atom. The molecule has 1 aromatic heterocycles. The van der Waals surface area contributed by atoms with Crippen LogP contribution in [0.2, 0.25) is 0 Å². The number of para-hydroxylation sites is 1. The van der Waals surface area contributed by atoms with Crippen LogP contribution in [0.1, 0.15) is 10.7 Å². The highest BCUT2D eigenvalue weighted by Gasteiger charge is 2.03. The molecule has 0 unspecified atom stereocenters. The van der Waals surface area contributed by atoms with Gasteiger partial charge in [-0.3, -0.25) is 0 Å². The van der Waals surface area contributed by atoms with E-state index in [1.54, 1.807) is 29.5 Å². The van der Waals surface area contributed by atoms with Gasteiger partial charge in [0.25, 0.3) is 0 Å². The van der Waals surface area contributed by atoms with E-state index in [0.717, 1.165) is 10.7 Å². The zero-order valence-electron chi connectivity index (χ0n) is 8.24. The molecule has 1 aromatic carbocycles. The first-order chi connectivity index (χ1) is 7.25. The van der Waals surface area contributed by atoms with Crippen LogP contribution in [0.15, 0.2) is 29.6 Å². The van der Waals surface area contributed by atoms with Crippen molar-refractivity contribution in [3.05, 3.63) is 46.2 Å². The molecule has 0 aliphatic rings. The van der Waals surface area contributed by atoms with E-state index < -0.39 is 0 Å². The molecule has 1 heterocycles. The highest BCUT2D eigenvalue weighted by molar-refractivity contribution is 7.09. The Labute approximate surface area is 91.4 Å². The van der Waals surface area contributed by atoms with Gasteiger partial charge in [0.1, 0.15) is 6.61 Å². The predicted molar refractivity (Wildman–Crippen MR) is 57.6 cm³/mol. The van der Waals surface area contributed by atoms with Gasteiger partial charge >= 0.3 is 0 Å². The minimum Gasteiger partial charge on any atom is -0.484 e. The minimum absolute atomic E-state index is 0.267. The molecule has 15 heavy (non-hydrogen) atoms. The van der Waals surface area contributed by atoms with Gasteiger partial charge in [0.15, 0.2) is 11.6 Å². The van der Waals surface area contributed by atoms with Crippen LogP contribution in [0, 0.1) is 12.7 Å². The van der Waals surface area contributed by atoms with Crippen molar-refractivity contribution in [1.82, 2.24) is 4.98 Å². The predicted octanol–water partition coefficient (Wildman–Crippen LogP) is 3.17. The van der Waals surface area contributed by atoms with Gasteiger partial charge < -0.3 is 4.74 Å². The number of benzene rings is 1. The van der Waals surface area contributed by atoms with E-state index in [1.165, 1.54) is 6.07 Å². The zero-order valence-corrected chi connectivity index (χ0v) is 9.05. The summed E-state index contributed by atoms with van der Waals surface area (Å²) < 4.78 is 18.5. The van der Waals surface area contributed by atoms with Gasteiger partial charge in [-0.1, -0.05) is 12.1 Å². The maximum absolute atomic E-state index is 13.2. The quantitative estimate of drug-likeness (QED) is 0.797. The maximum atomic E-state index is 13.2. The molecule has 0 aliphatic carbocycles. The van der Waals surface area contributed by atoms with Crippen LogP contribution in [-0.4, -0.2) is 4.98 Å². The molecule has 0 saturated heterocycles. The molecule has 0 aliphatic heterocycles. The van der Waals surface area contributed by atoms with Crippen LogP contribution < -0.4 is 4.74 Å². The number of ether oxygens (including phenoxy) is 1. The number of hydrogen-bond donors (Lipinski definition) is 0. The average molecular weight is 223 g/mol. The molecule has 0 spiro atoms. The van der Waals surface area contributed by atoms with Crippen molar-refractivity contribution in [3.63, 3.8) is 0 Å². The molecule has 4 heteroatoms. The second kappa shape index (κ2) is 4.40. The van der Waals surface area contributed by atoms with Crippen LogP contribution >= 0.6 is 11.3 Å². The lowest BCUT2D eigenvalue weighted by molar-refractivity contribution is 0.286. The van der Waals surface area contributed by atoms with Gasteiger partial charge in [0.05, 0.1) is 10.7 Å². The Morgan fingerprint density at radius 3 is 2.87 bits per heavy atom. The van der Waals surface area contributed by atoms with E-state index in [1.807, 2.05) is 12.3 Å². The second-order valence-electron chi connectivity index (χ2n) is 3.08. The fourth-order valence-corrected chi connectivity index (χ4v) is 1.79. The number of hydrogen-bond acceptors (Lipinski definition) is 3. The van der Waals surface area contributed by atoms with Gasteiger partial charge in [0.2, 0.25) is 0 Å². The summed E-state index contributed by atoms with van der Waals surface area (Å²) >= 11 is 1.56. The van der Waals surface area contributed by atoms with Crippen molar-refractivity contribution in [3.8, 4) is 5.75 Å². The summed E-state index contributed by atoms with van der Waals surface area (Å²) in [6, 6.07) is 6.36. The fourth-order valence-electron chi connectivity index (χ4n) is 1.19. The average Bonchev–Trinajstić information content (AvgIpc) is 2.63. The van der Waals surface area contributed by atoms with Crippen LogP contribution in [0.3, 0.4) is 0 Å². The molecule has 2 aromatic rings. The normalized spacial score (nSPS) is 10.3. The third-order valence-electron chi connectivity index (χ3n) is 1.88. The van der Waals surface area contributed by atoms with Crippen molar-refractivity contribution < 1.29 is 9.13 Å². The highest BCUT2D eigenvalue weighted by atomic mass is 32.1. The van der Waals surface area contributed by atoms with Gasteiger partial charge in [-0.05, 0) is 19.1 Å². The Bertz CT molecular complexity index is 455. The minimum atomic E-state index is -0.343. The van der Waals surface area contributed by atoms with Crippen LogP contribution in [-0.2, 0) is 6.61 Å². The molecule has 2 nitrogen and oxygen atoms in total. The van der Waals surface area contributed by atoms with E-state index >= 15 is 0 Å². The van der Waals surface area contributed by atoms with E-state index in [4.69, 9.17) is 4.74 Å². The van der Waals surface area contributed by atoms with Crippen LogP contribution in [0.4, 0.5) is 4.39 Å². The molecular weight excluding hydrogens is 213 g/mol. The Kier molecular flexibility index (Phi) is 2.97. The summed E-state index contributed by atoms with van der Waals surface area (Å²) in [6.45, 7) is 2.24. The number of thiazole rings is 1. The molecule has 0 bridgehead atoms. The lowest BCUT2D eigenvalue weighted by atomic mass is 10.3. The molecular formula is C11H10FNOS. The summed E-state index contributed by atoms with van der Waals surface area (Å²) in [7, 11) is 0.